The molecule has 0 unspecified atom stereocenters. The van der Waals surface area contributed by atoms with Gasteiger partial charge in [-0.2, -0.15) is 4.31 Å². The molecule has 8 heteroatoms. The van der Waals surface area contributed by atoms with Crippen molar-refractivity contribution in [3.05, 3.63) is 29.8 Å². The molecule has 1 aromatic carbocycles. The number of aliphatic hydroxyl groups excluding tert-OH is 1. The Labute approximate surface area is 174 Å². The molecule has 3 atom stereocenters. The van der Waals surface area contributed by atoms with E-state index < -0.39 is 16.1 Å². The monoisotopic (exact) mass is 424 g/mol. The van der Waals surface area contributed by atoms with Crippen LogP contribution in [0.4, 0.5) is 0 Å². The highest BCUT2D eigenvalue weighted by atomic mass is 32.2. The average Bonchev–Trinajstić information content (AvgIpc) is 2.69. The van der Waals surface area contributed by atoms with Gasteiger partial charge in [0.05, 0.1) is 13.2 Å². The minimum absolute atomic E-state index is 0.000969. The van der Waals surface area contributed by atoms with Crippen LogP contribution in [0.1, 0.15) is 39.7 Å². The summed E-state index contributed by atoms with van der Waals surface area (Å²) < 4.78 is 34.2. The van der Waals surface area contributed by atoms with E-state index in [0.717, 1.165) is 5.56 Å². The molecule has 2 rings (SSSR count). The molecule has 7 nitrogen and oxygen atoms in total. The molecule has 162 valence electrons. The Morgan fingerprint density at radius 1 is 1.45 bits per heavy atom. The van der Waals surface area contributed by atoms with Gasteiger partial charge in [-0.25, -0.2) is 8.42 Å². The molecule has 0 saturated carbocycles. The van der Waals surface area contributed by atoms with Gasteiger partial charge in [-0.3, -0.25) is 4.79 Å². The van der Waals surface area contributed by atoms with E-state index in [4.69, 9.17) is 4.74 Å². The molecule has 0 aliphatic carbocycles. The Kier molecular flexibility index (Phi) is 7.85. The zero-order valence-electron chi connectivity index (χ0n) is 17.8. The van der Waals surface area contributed by atoms with Crippen molar-refractivity contribution in [1.29, 1.82) is 0 Å². The van der Waals surface area contributed by atoms with E-state index in [2.05, 4.69) is 0 Å². The molecule has 29 heavy (non-hydrogen) atoms. The van der Waals surface area contributed by atoms with E-state index in [-0.39, 0.29) is 41.7 Å². The molecule has 1 aliphatic rings. The van der Waals surface area contributed by atoms with Gasteiger partial charge in [0.25, 0.3) is 0 Å². The Balaban J connectivity index is 2.56. The van der Waals surface area contributed by atoms with Gasteiger partial charge in [0.2, 0.25) is 15.9 Å². The molecule has 1 aliphatic heterocycles. The fraction of sp³-hybridized carbons (Fsp3) is 0.571. The predicted octanol–water partition coefficient (Wildman–Crippen LogP) is 2.36. The smallest absolute Gasteiger partial charge is 0.247 e. The van der Waals surface area contributed by atoms with Crippen LogP contribution < -0.4 is 4.74 Å². The van der Waals surface area contributed by atoms with Crippen LogP contribution in [0.5, 0.6) is 5.75 Å². The standard InChI is InChI=1S/C21H32N2O5S/c1-6-8-17-9-10-20-18(11-17)28-19(13-22(5)21(25)7-2)15(3)12-23(16(4)14-24)29(20,26)27/h6,8-11,15-16,19,24H,7,12-14H2,1-5H3/b8-6+/t15-,16+,19-/m1/s1. The van der Waals surface area contributed by atoms with Crippen molar-refractivity contribution in [3.63, 3.8) is 0 Å². The summed E-state index contributed by atoms with van der Waals surface area (Å²) in [6, 6.07) is 4.42. The largest absolute Gasteiger partial charge is 0.487 e. The number of amides is 1. The molecule has 1 amide bonds. The third-order valence-electron chi connectivity index (χ3n) is 5.23. The molecule has 0 spiro atoms. The van der Waals surface area contributed by atoms with E-state index in [1.54, 1.807) is 44.0 Å². The summed E-state index contributed by atoms with van der Waals surface area (Å²) in [6.45, 7) is 7.54. The number of hydrogen-bond acceptors (Lipinski definition) is 5. The number of allylic oxidation sites excluding steroid dienone is 1. The summed E-state index contributed by atoms with van der Waals surface area (Å²) in [5.41, 5.74) is 0.827. The summed E-state index contributed by atoms with van der Waals surface area (Å²) in [6.07, 6.45) is 3.74. The zero-order chi connectivity index (χ0) is 21.8. The van der Waals surface area contributed by atoms with E-state index in [1.165, 1.54) is 4.31 Å². The lowest BCUT2D eigenvalue weighted by atomic mass is 10.0. The first kappa shape index (κ1) is 23.4. The maximum Gasteiger partial charge on any atom is 0.247 e. The van der Waals surface area contributed by atoms with Gasteiger partial charge in [0, 0.05) is 32.0 Å². The molecular formula is C21H32N2O5S. The zero-order valence-corrected chi connectivity index (χ0v) is 18.6. The van der Waals surface area contributed by atoms with E-state index in [0.29, 0.717) is 13.0 Å². The number of aliphatic hydroxyl groups is 1. The number of fused-ring (bicyclic) bond motifs is 1. The van der Waals surface area contributed by atoms with Crippen molar-refractivity contribution in [3.8, 4) is 5.75 Å². The van der Waals surface area contributed by atoms with Crippen LogP contribution >= 0.6 is 0 Å². The van der Waals surface area contributed by atoms with Crippen molar-refractivity contribution in [2.24, 2.45) is 5.92 Å². The number of carbonyl (C=O) groups excluding carboxylic acids is 1. The lowest BCUT2D eigenvalue weighted by molar-refractivity contribution is -0.131. The Morgan fingerprint density at radius 3 is 2.72 bits per heavy atom. The number of ether oxygens (including phenoxy) is 1. The van der Waals surface area contributed by atoms with Crippen LogP contribution in [0, 0.1) is 5.92 Å². The third kappa shape index (κ3) is 5.18. The highest BCUT2D eigenvalue weighted by Gasteiger charge is 2.38. The van der Waals surface area contributed by atoms with Crippen LogP contribution in [0.3, 0.4) is 0 Å². The summed E-state index contributed by atoms with van der Waals surface area (Å²) in [4.78, 5) is 13.8. The van der Waals surface area contributed by atoms with Gasteiger partial charge < -0.3 is 14.7 Å². The van der Waals surface area contributed by atoms with E-state index in [9.17, 15) is 18.3 Å². The molecule has 1 heterocycles. The average molecular weight is 425 g/mol. The van der Waals surface area contributed by atoms with Crippen molar-refractivity contribution < 1.29 is 23.1 Å². The number of sulfonamides is 1. The normalized spacial score (nSPS) is 23.0. The molecule has 0 aromatic heterocycles. The molecule has 1 aromatic rings. The second-order valence-electron chi connectivity index (χ2n) is 7.57. The minimum Gasteiger partial charge on any atom is -0.487 e. The number of likely N-dealkylation sites (N-methyl/N-ethyl adjacent to an activating group) is 1. The second-order valence-corrected chi connectivity index (χ2v) is 9.43. The third-order valence-corrected chi connectivity index (χ3v) is 7.25. The molecule has 0 bridgehead atoms. The van der Waals surface area contributed by atoms with Crippen LogP contribution in [0.25, 0.3) is 6.08 Å². The quantitative estimate of drug-likeness (QED) is 0.758. The Bertz CT molecular complexity index is 853. The summed E-state index contributed by atoms with van der Waals surface area (Å²) in [7, 11) is -2.12. The number of rotatable bonds is 6. The first-order valence-corrected chi connectivity index (χ1v) is 11.4. The van der Waals surface area contributed by atoms with Gasteiger partial charge in [-0.15, -0.1) is 0 Å². The van der Waals surface area contributed by atoms with Crippen molar-refractivity contribution in [1.82, 2.24) is 9.21 Å². The molecule has 0 saturated heterocycles. The van der Waals surface area contributed by atoms with Crippen LogP contribution in [0.15, 0.2) is 29.2 Å². The van der Waals surface area contributed by atoms with Gasteiger partial charge in [-0.05, 0) is 31.5 Å². The van der Waals surface area contributed by atoms with Gasteiger partial charge in [-0.1, -0.05) is 32.1 Å². The fourth-order valence-corrected chi connectivity index (χ4v) is 5.22. The molecule has 0 radical (unpaired) electrons. The van der Waals surface area contributed by atoms with Gasteiger partial charge in [0.1, 0.15) is 16.7 Å². The van der Waals surface area contributed by atoms with E-state index in [1.807, 2.05) is 26.0 Å². The van der Waals surface area contributed by atoms with Gasteiger partial charge in [0.15, 0.2) is 0 Å². The number of nitrogens with zero attached hydrogens (tertiary/aromatic N) is 2. The first-order valence-electron chi connectivity index (χ1n) is 9.95. The maximum atomic E-state index is 13.3. The summed E-state index contributed by atoms with van der Waals surface area (Å²) >= 11 is 0. The second kappa shape index (κ2) is 9.73. The summed E-state index contributed by atoms with van der Waals surface area (Å²) in [5, 5.41) is 9.65. The minimum atomic E-state index is -3.85. The first-order chi connectivity index (χ1) is 13.6. The summed E-state index contributed by atoms with van der Waals surface area (Å²) in [5.74, 6) is 0.0768. The molecular weight excluding hydrogens is 392 g/mol. The highest BCUT2D eigenvalue weighted by molar-refractivity contribution is 7.89. The van der Waals surface area contributed by atoms with Gasteiger partial charge >= 0.3 is 0 Å². The van der Waals surface area contributed by atoms with Crippen LogP contribution in [-0.4, -0.2) is 67.5 Å². The predicted molar refractivity (Wildman–Crippen MR) is 113 cm³/mol. The molecule has 0 fully saturated rings. The van der Waals surface area contributed by atoms with Crippen molar-refractivity contribution >= 4 is 22.0 Å². The van der Waals surface area contributed by atoms with E-state index >= 15 is 0 Å². The molecule has 1 N–H and O–H groups in total. The topological polar surface area (TPSA) is 87.2 Å². The number of hydrogen-bond donors (Lipinski definition) is 1. The Morgan fingerprint density at radius 2 is 2.14 bits per heavy atom. The number of benzene rings is 1. The Hall–Kier alpha value is -1.90. The van der Waals surface area contributed by atoms with Crippen LogP contribution in [-0.2, 0) is 14.8 Å². The number of carbonyl (C=O) groups is 1. The highest BCUT2D eigenvalue weighted by Crippen LogP contribution is 2.34. The lowest BCUT2D eigenvalue weighted by Crippen LogP contribution is -2.50. The van der Waals surface area contributed by atoms with Crippen LogP contribution in [0.2, 0.25) is 0 Å². The maximum absolute atomic E-state index is 13.3. The lowest BCUT2D eigenvalue weighted by Gasteiger charge is -2.37. The van der Waals surface area contributed by atoms with Crippen molar-refractivity contribution in [2.75, 3.05) is 26.7 Å². The fourth-order valence-electron chi connectivity index (χ4n) is 3.40. The SMILES string of the molecule is C/C=C/c1ccc2c(c1)O[C@H](CN(C)C(=O)CC)[C@H](C)CN([C@@H](C)CO)S2(=O)=O. The van der Waals surface area contributed by atoms with Crippen molar-refractivity contribution in [2.45, 2.75) is 51.2 Å².